The van der Waals surface area contributed by atoms with Gasteiger partial charge < -0.3 is 29.7 Å². The smallest absolute Gasteiger partial charge is 0.330 e. The highest BCUT2D eigenvalue weighted by molar-refractivity contribution is 5.96. The number of hydrogen-bond acceptors (Lipinski definition) is 10. The molecule has 274 valence electrons. The highest BCUT2D eigenvalue weighted by atomic mass is 16.6. The van der Waals surface area contributed by atoms with Crippen LogP contribution in [0.5, 0.6) is 0 Å². The number of aliphatic hydroxyl groups excluding tert-OH is 1. The second-order valence-electron chi connectivity index (χ2n) is 17.2. The maximum absolute atomic E-state index is 14.9. The lowest BCUT2D eigenvalue weighted by Crippen LogP contribution is -2.70. The van der Waals surface area contributed by atoms with E-state index in [0.29, 0.717) is 44.9 Å². The summed E-state index contributed by atoms with van der Waals surface area (Å²) in [5.41, 5.74) is -3.93. The van der Waals surface area contributed by atoms with Gasteiger partial charge in [-0.2, -0.15) is 0 Å². The predicted octanol–water partition coefficient (Wildman–Crippen LogP) is 4.06. The second-order valence-corrected chi connectivity index (χ2v) is 17.2. The maximum Gasteiger partial charge on any atom is 0.330 e. The molecule has 0 heterocycles. The molecule has 0 saturated heterocycles. The Labute approximate surface area is 290 Å². The molecule has 0 bridgehead atoms. The lowest BCUT2D eigenvalue weighted by Gasteiger charge is -2.71. The van der Waals surface area contributed by atoms with E-state index in [9.17, 15) is 34.2 Å². The maximum atomic E-state index is 14.9. The van der Waals surface area contributed by atoms with Crippen LogP contribution in [0.25, 0.3) is 0 Å². The predicted molar refractivity (Wildman–Crippen MR) is 178 cm³/mol. The van der Waals surface area contributed by atoms with Crippen LogP contribution in [0.15, 0.2) is 11.6 Å². The largest absolute Gasteiger partial charge is 0.467 e. The van der Waals surface area contributed by atoms with Gasteiger partial charge in [0.05, 0.1) is 24.7 Å². The Kier molecular flexibility index (Phi) is 9.53. The van der Waals surface area contributed by atoms with Crippen LogP contribution in [0.4, 0.5) is 0 Å². The lowest BCUT2D eigenvalue weighted by molar-refractivity contribution is -0.227. The number of fused-ring (bicyclic) bond motifs is 7. The Morgan fingerprint density at radius 3 is 2.20 bits per heavy atom. The zero-order valence-corrected chi connectivity index (χ0v) is 30.8. The van der Waals surface area contributed by atoms with Crippen molar-refractivity contribution in [3.05, 3.63) is 11.6 Å². The van der Waals surface area contributed by atoms with Gasteiger partial charge in [-0.1, -0.05) is 40.2 Å². The molecule has 12 atom stereocenters. The van der Waals surface area contributed by atoms with Crippen LogP contribution in [0.3, 0.4) is 0 Å². The van der Waals surface area contributed by atoms with Gasteiger partial charge in [0.15, 0.2) is 11.8 Å². The van der Waals surface area contributed by atoms with Crippen molar-refractivity contribution in [3.8, 4) is 0 Å². The Hall–Kier alpha value is -2.79. The number of methoxy groups -OCH3 is 1. The van der Waals surface area contributed by atoms with E-state index in [2.05, 4.69) is 26.1 Å². The standard InChI is InChI=1S/C38H57NO10/c1-21-10-15-38(32(45)39-25(19-40)31(44)47-9)17-16-35(6)24(29(38)37(21,8)46)18-26(43)30-33(4)13-12-28(49-23(3)42)34(5,20-48-22(2)41)27(33)11-14-36(30,35)7/h18,21,25,27-30,40,46H,10-17,19-20H2,1-9H3,(H,39,45)/t21-,25?,27-,28+,29-,30-,33+,34-,35-,36-,37-,38+/m1/s1. The number of allylic oxidation sites excluding steroid dienone is 1. The fourth-order valence-electron chi connectivity index (χ4n) is 12.0. The summed E-state index contributed by atoms with van der Waals surface area (Å²) in [5.74, 6) is -3.34. The number of amides is 1. The number of carbonyl (C=O) groups excluding carboxylic acids is 5. The van der Waals surface area contributed by atoms with Crippen molar-refractivity contribution in [1.29, 1.82) is 0 Å². The van der Waals surface area contributed by atoms with Crippen LogP contribution >= 0.6 is 0 Å². The van der Waals surface area contributed by atoms with E-state index in [-0.39, 0.29) is 24.2 Å². The summed E-state index contributed by atoms with van der Waals surface area (Å²) in [6.45, 7) is 14.6. The van der Waals surface area contributed by atoms with E-state index in [1.165, 1.54) is 21.0 Å². The number of rotatable bonds is 7. The van der Waals surface area contributed by atoms with Gasteiger partial charge in [-0.25, -0.2) is 4.79 Å². The second kappa shape index (κ2) is 12.5. The molecule has 0 aromatic rings. The van der Waals surface area contributed by atoms with Gasteiger partial charge in [0.2, 0.25) is 5.91 Å². The van der Waals surface area contributed by atoms with Crippen molar-refractivity contribution in [2.75, 3.05) is 20.3 Å². The molecule has 4 saturated carbocycles. The number of ether oxygens (including phenoxy) is 3. The summed E-state index contributed by atoms with van der Waals surface area (Å²) >= 11 is 0. The van der Waals surface area contributed by atoms with E-state index in [1.54, 1.807) is 13.0 Å². The molecule has 11 nitrogen and oxygen atoms in total. The zero-order chi connectivity index (χ0) is 36.5. The third-order valence-corrected chi connectivity index (χ3v) is 14.9. The molecule has 4 fully saturated rings. The molecular weight excluding hydrogens is 630 g/mol. The molecule has 5 aliphatic rings. The van der Waals surface area contributed by atoms with E-state index in [4.69, 9.17) is 14.2 Å². The molecule has 1 unspecified atom stereocenters. The Balaban J connectivity index is 1.62. The molecule has 1 amide bonds. The van der Waals surface area contributed by atoms with Gasteiger partial charge in [0.1, 0.15) is 12.7 Å². The van der Waals surface area contributed by atoms with Crippen LogP contribution in [-0.4, -0.2) is 77.9 Å². The summed E-state index contributed by atoms with van der Waals surface area (Å²) in [7, 11) is 1.20. The monoisotopic (exact) mass is 687 g/mol. The first-order valence-electron chi connectivity index (χ1n) is 18.0. The summed E-state index contributed by atoms with van der Waals surface area (Å²) < 4.78 is 16.3. The Bertz CT molecular complexity index is 1440. The minimum Gasteiger partial charge on any atom is -0.467 e. The molecular formula is C38H57NO10. The molecule has 0 spiro atoms. The van der Waals surface area contributed by atoms with Crippen molar-refractivity contribution < 1.29 is 48.4 Å². The third-order valence-electron chi connectivity index (χ3n) is 14.9. The van der Waals surface area contributed by atoms with Gasteiger partial charge in [-0.3, -0.25) is 19.2 Å². The van der Waals surface area contributed by atoms with Crippen LogP contribution in [0.1, 0.15) is 107 Å². The zero-order valence-electron chi connectivity index (χ0n) is 30.8. The van der Waals surface area contributed by atoms with Crippen molar-refractivity contribution >= 4 is 29.6 Å². The molecule has 0 aliphatic heterocycles. The molecule has 0 aromatic heterocycles. The van der Waals surface area contributed by atoms with Gasteiger partial charge in [-0.05, 0) is 92.4 Å². The number of hydrogen-bond donors (Lipinski definition) is 3. The van der Waals surface area contributed by atoms with Crippen LogP contribution < -0.4 is 5.32 Å². The molecule has 0 aromatic carbocycles. The molecule has 5 aliphatic carbocycles. The van der Waals surface area contributed by atoms with E-state index in [1.807, 2.05) is 13.8 Å². The van der Waals surface area contributed by atoms with Gasteiger partial charge in [0, 0.05) is 31.1 Å². The lowest BCUT2D eigenvalue weighted by atomic mass is 9.32. The van der Waals surface area contributed by atoms with E-state index < -0.39 is 87.1 Å². The highest BCUT2D eigenvalue weighted by Gasteiger charge is 2.73. The quantitative estimate of drug-likeness (QED) is 0.263. The number of carbonyl (C=O) groups is 5. The van der Waals surface area contributed by atoms with Crippen molar-refractivity contribution in [1.82, 2.24) is 5.32 Å². The minimum absolute atomic E-state index is 0.0315. The summed E-state index contributed by atoms with van der Waals surface area (Å²) in [6, 6.07) is -1.24. The first-order chi connectivity index (χ1) is 22.7. The number of aliphatic hydroxyl groups is 2. The van der Waals surface area contributed by atoms with Crippen molar-refractivity contribution in [3.63, 3.8) is 0 Å². The van der Waals surface area contributed by atoms with Crippen LogP contribution in [0, 0.1) is 50.7 Å². The molecule has 3 N–H and O–H groups in total. The summed E-state index contributed by atoms with van der Waals surface area (Å²) in [4.78, 5) is 65.9. The summed E-state index contributed by atoms with van der Waals surface area (Å²) in [5, 5.41) is 25.1. The van der Waals surface area contributed by atoms with Gasteiger partial charge in [0.25, 0.3) is 0 Å². The fraction of sp³-hybridized carbons (Fsp3) is 0.816. The number of nitrogens with one attached hydrogen (secondary N) is 1. The highest BCUT2D eigenvalue weighted by Crippen LogP contribution is 2.75. The van der Waals surface area contributed by atoms with Gasteiger partial charge in [-0.15, -0.1) is 0 Å². The Morgan fingerprint density at radius 1 is 0.939 bits per heavy atom. The normalized spacial score (nSPS) is 44.8. The number of ketones is 1. The fourth-order valence-corrected chi connectivity index (χ4v) is 12.0. The third kappa shape index (κ3) is 5.38. The van der Waals surface area contributed by atoms with E-state index >= 15 is 0 Å². The molecule has 11 heteroatoms. The van der Waals surface area contributed by atoms with Crippen LogP contribution in [0.2, 0.25) is 0 Å². The summed E-state index contributed by atoms with van der Waals surface area (Å²) in [6.07, 6.45) is 5.93. The van der Waals surface area contributed by atoms with Crippen molar-refractivity contribution in [2.24, 2.45) is 50.7 Å². The first-order valence-corrected chi connectivity index (χ1v) is 18.0. The van der Waals surface area contributed by atoms with Gasteiger partial charge >= 0.3 is 17.9 Å². The average Bonchev–Trinajstić information content (AvgIpc) is 3.02. The van der Waals surface area contributed by atoms with E-state index in [0.717, 1.165) is 12.0 Å². The minimum atomic E-state index is -1.33. The molecule has 5 rings (SSSR count). The SMILES string of the molecule is COC(=O)C(CO)NC(=O)[C@]12CC[C@@H](C)[C@@](C)(O)[C@H]1C1=CC(=O)[C@@H]3[C@@]4(C)CC[C@H](OC(C)=O)[C@](C)(COC(C)=O)[C@@H]4CC[C@@]3(C)[C@]1(C)CC2. The molecule has 49 heavy (non-hydrogen) atoms. The molecule has 0 radical (unpaired) electrons. The van der Waals surface area contributed by atoms with Crippen molar-refractivity contribution in [2.45, 2.75) is 125 Å². The van der Waals surface area contributed by atoms with Crippen LogP contribution in [-0.2, 0) is 38.2 Å². The first kappa shape index (κ1) is 37.5. The topological polar surface area (TPSA) is 166 Å². The number of esters is 3. The Morgan fingerprint density at radius 2 is 1.61 bits per heavy atom. The average molecular weight is 688 g/mol.